The van der Waals surface area contributed by atoms with Gasteiger partial charge in [0.1, 0.15) is 5.01 Å². The molecule has 4 nitrogen and oxygen atoms in total. The average molecular weight is 387 g/mol. The Hall–Kier alpha value is -1.18. The normalized spacial score (nSPS) is 12.2. The summed E-state index contributed by atoms with van der Waals surface area (Å²) in [6.45, 7) is 0.196. The first-order valence-corrected chi connectivity index (χ1v) is 9.65. The van der Waals surface area contributed by atoms with Gasteiger partial charge in [-0.25, -0.2) is 13.4 Å². The number of nitrogens with zero attached hydrogens (tertiary/aromatic N) is 2. The number of rotatable bonds is 4. The van der Waals surface area contributed by atoms with Crippen molar-refractivity contribution in [3.63, 3.8) is 0 Å². The number of benzene rings is 2. The number of para-hydroxylation sites is 1. The van der Waals surface area contributed by atoms with Gasteiger partial charge in [0.15, 0.2) is 0 Å². The molecule has 0 aliphatic rings. The Balaban J connectivity index is 1.88. The van der Waals surface area contributed by atoms with Crippen LogP contribution in [0.1, 0.15) is 5.01 Å². The van der Waals surface area contributed by atoms with Crippen molar-refractivity contribution >= 4 is 54.8 Å². The van der Waals surface area contributed by atoms with E-state index < -0.39 is 10.0 Å². The second kappa shape index (κ2) is 6.37. The SMILES string of the molecule is CN(Cc1nc2ccccc2s1)S(=O)(=O)c1ccc(Cl)c(Cl)c1. The minimum absolute atomic E-state index is 0.107. The summed E-state index contributed by atoms with van der Waals surface area (Å²) < 4.78 is 27.5. The molecule has 0 aliphatic carbocycles. The van der Waals surface area contributed by atoms with E-state index in [1.165, 1.54) is 40.9 Å². The molecule has 1 aromatic heterocycles. The molecule has 23 heavy (non-hydrogen) atoms. The fourth-order valence-corrected chi connectivity index (χ4v) is 4.70. The van der Waals surface area contributed by atoms with Gasteiger partial charge in [-0.3, -0.25) is 0 Å². The summed E-state index contributed by atoms with van der Waals surface area (Å²) in [5.74, 6) is 0. The van der Waals surface area contributed by atoms with Crippen LogP contribution in [0, 0.1) is 0 Å². The zero-order valence-electron chi connectivity index (χ0n) is 12.0. The molecule has 2 aromatic carbocycles. The van der Waals surface area contributed by atoms with Crippen molar-refractivity contribution in [2.24, 2.45) is 0 Å². The van der Waals surface area contributed by atoms with Crippen LogP contribution in [0.3, 0.4) is 0 Å². The van der Waals surface area contributed by atoms with Gasteiger partial charge < -0.3 is 0 Å². The first-order chi connectivity index (χ1) is 10.9. The molecule has 0 bridgehead atoms. The molecular weight excluding hydrogens is 375 g/mol. The predicted molar refractivity (Wildman–Crippen MR) is 94.7 cm³/mol. The highest BCUT2D eigenvalue weighted by Gasteiger charge is 2.23. The summed E-state index contributed by atoms with van der Waals surface area (Å²) in [6.07, 6.45) is 0. The van der Waals surface area contributed by atoms with E-state index in [9.17, 15) is 8.42 Å². The summed E-state index contributed by atoms with van der Waals surface area (Å²) in [7, 11) is -2.14. The van der Waals surface area contributed by atoms with Crippen LogP contribution in [0.4, 0.5) is 0 Å². The van der Waals surface area contributed by atoms with Crippen molar-refractivity contribution in [1.82, 2.24) is 9.29 Å². The third-order valence-electron chi connectivity index (χ3n) is 3.30. The molecule has 0 atom stereocenters. The highest BCUT2D eigenvalue weighted by Crippen LogP contribution is 2.28. The molecular formula is C15H12Cl2N2O2S2. The standard InChI is InChI=1S/C15H12Cl2N2O2S2/c1-19(9-15-18-13-4-2-3-5-14(13)22-15)23(20,21)10-6-7-11(16)12(17)8-10/h2-8H,9H2,1H3. The zero-order chi connectivity index (χ0) is 16.6. The maximum Gasteiger partial charge on any atom is 0.243 e. The minimum atomic E-state index is -3.66. The van der Waals surface area contributed by atoms with E-state index in [1.807, 2.05) is 24.3 Å². The summed E-state index contributed by atoms with van der Waals surface area (Å²) in [4.78, 5) is 4.56. The third-order valence-corrected chi connectivity index (χ3v) is 6.85. The number of hydrogen-bond acceptors (Lipinski definition) is 4. The van der Waals surface area contributed by atoms with Crippen LogP contribution in [-0.4, -0.2) is 24.8 Å². The van der Waals surface area contributed by atoms with Crippen LogP contribution < -0.4 is 0 Å². The fraction of sp³-hybridized carbons (Fsp3) is 0.133. The van der Waals surface area contributed by atoms with Crippen LogP contribution in [0.2, 0.25) is 10.0 Å². The number of aromatic nitrogens is 1. The van der Waals surface area contributed by atoms with Crippen molar-refractivity contribution in [3.05, 3.63) is 57.5 Å². The first kappa shape index (κ1) is 16.7. The van der Waals surface area contributed by atoms with Gasteiger partial charge in [-0.15, -0.1) is 11.3 Å². The van der Waals surface area contributed by atoms with Crippen molar-refractivity contribution in [2.75, 3.05) is 7.05 Å². The summed E-state index contributed by atoms with van der Waals surface area (Å²) in [5, 5.41) is 1.26. The molecule has 0 spiro atoms. The molecule has 0 N–H and O–H groups in total. The molecule has 0 unspecified atom stereocenters. The van der Waals surface area contributed by atoms with Gasteiger partial charge in [0.05, 0.1) is 31.7 Å². The van der Waals surface area contributed by atoms with Crippen molar-refractivity contribution < 1.29 is 8.42 Å². The maximum absolute atomic E-state index is 12.6. The lowest BCUT2D eigenvalue weighted by Gasteiger charge is -2.16. The molecule has 0 saturated heterocycles. The van der Waals surface area contributed by atoms with E-state index >= 15 is 0 Å². The molecule has 1 heterocycles. The highest BCUT2D eigenvalue weighted by molar-refractivity contribution is 7.89. The number of sulfonamides is 1. The van der Waals surface area contributed by atoms with Crippen molar-refractivity contribution in [1.29, 1.82) is 0 Å². The van der Waals surface area contributed by atoms with Crippen LogP contribution in [0.15, 0.2) is 47.4 Å². The Kier molecular flexibility index (Phi) is 4.62. The monoisotopic (exact) mass is 386 g/mol. The highest BCUT2D eigenvalue weighted by atomic mass is 35.5. The Morgan fingerprint density at radius 1 is 1.13 bits per heavy atom. The quantitative estimate of drug-likeness (QED) is 0.666. The lowest BCUT2D eigenvalue weighted by molar-refractivity contribution is 0.466. The molecule has 0 saturated carbocycles. The average Bonchev–Trinajstić information content (AvgIpc) is 2.92. The van der Waals surface area contributed by atoms with E-state index in [4.69, 9.17) is 23.2 Å². The molecule has 3 rings (SSSR count). The Morgan fingerprint density at radius 2 is 1.87 bits per heavy atom. The van der Waals surface area contributed by atoms with E-state index in [2.05, 4.69) is 4.98 Å². The van der Waals surface area contributed by atoms with Gasteiger partial charge in [0, 0.05) is 7.05 Å². The van der Waals surface area contributed by atoms with Gasteiger partial charge in [0.2, 0.25) is 10.0 Å². The zero-order valence-corrected chi connectivity index (χ0v) is 15.2. The van der Waals surface area contributed by atoms with Gasteiger partial charge in [-0.1, -0.05) is 35.3 Å². The van der Waals surface area contributed by atoms with Crippen LogP contribution in [0.25, 0.3) is 10.2 Å². The smallest absolute Gasteiger partial charge is 0.240 e. The minimum Gasteiger partial charge on any atom is -0.240 e. The summed E-state index contributed by atoms with van der Waals surface area (Å²) >= 11 is 13.2. The van der Waals surface area contributed by atoms with Gasteiger partial charge >= 0.3 is 0 Å². The fourth-order valence-electron chi connectivity index (χ4n) is 2.08. The number of halogens is 2. The lowest BCUT2D eigenvalue weighted by atomic mass is 10.3. The molecule has 0 fully saturated rings. The summed E-state index contributed by atoms with van der Waals surface area (Å²) in [5.41, 5.74) is 0.868. The van der Waals surface area contributed by atoms with Crippen LogP contribution >= 0.6 is 34.5 Å². The second-order valence-electron chi connectivity index (χ2n) is 4.91. The largest absolute Gasteiger partial charge is 0.243 e. The molecule has 8 heteroatoms. The van der Waals surface area contributed by atoms with E-state index in [0.717, 1.165) is 15.2 Å². The first-order valence-electron chi connectivity index (χ1n) is 6.64. The van der Waals surface area contributed by atoms with Crippen LogP contribution in [-0.2, 0) is 16.6 Å². The third kappa shape index (κ3) is 3.36. The Bertz CT molecular complexity index is 938. The Morgan fingerprint density at radius 3 is 2.57 bits per heavy atom. The topological polar surface area (TPSA) is 50.3 Å². The van der Waals surface area contributed by atoms with E-state index in [-0.39, 0.29) is 16.5 Å². The molecule has 0 aliphatic heterocycles. The van der Waals surface area contributed by atoms with Gasteiger partial charge in [-0.2, -0.15) is 4.31 Å². The molecule has 3 aromatic rings. The molecule has 0 radical (unpaired) electrons. The number of hydrogen-bond donors (Lipinski definition) is 0. The molecule has 120 valence electrons. The van der Waals surface area contributed by atoms with Crippen LogP contribution in [0.5, 0.6) is 0 Å². The number of thiazole rings is 1. The van der Waals surface area contributed by atoms with Gasteiger partial charge in [0.25, 0.3) is 0 Å². The van der Waals surface area contributed by atoms with Crippen molar-refractivity contribution in [3.8, 4) is 0 Å². The Labute approximate surface area is 148 Å². The van der Waals surface area contributed by atoms with Gasteiger partial charge in [-0.05, 0) is 30.3 Å². The maximum atomic E-state index is 12.6. The number of fused-ring (bicyclic) bond motifs is 1. The summed E-state index contributed by atoms with van der Waals surface area (Å²) in [6, 6.07) is 12.0. The molecule has 0 amide bonds. The predicted octanol–water partition coefficient (Wildman–Crippen LogP) is 4.42. The van der Waals surface area contributed by atoms with E-state index in [0.29, 0.717) is 5.02 Å². The van der Waals surface area contributed by atoms with E-state index in [1.54, 1.807) is 0 Å². The van der Waals surface area contributed by atoms with Crippen molar-refractivity contribution in [2.45, 2.75) is 11.4 Å². The second-order valence-corrected chi connectivity index (χ2v) is 8.89. The lowest BCUT2D eigenvalue weighted by Crippen LogP contribution is -2.26.